The summed E-state index contributed by atoms with van der Waals surface area (Å²) in [5.74, 6) is -0.932. The molecule has 82 valence electrons. The molecule has 0 saturated carbocycles. The Labute approximate surface area is 82.5 Å². The summed E-state index contributed by atoms with van der Waals surface area (Å²) in [6, 6.07) is -0.223. The summed E-state index contributed by atoms with van der Waals surface area (Å²) in [5, 5.41) is 8.30. The van der Waals surface area contributed by atoms with E-state index in [0.29, 0.717) is 6.42 Å². The molecule has 1 N–H and O–H groups in total. The lowest BCUT2D eigenvalue weighted by molar-refractivity contribution is -0.142. The molecule has 1 fully saturated rings. The van der Waals surface area contributed by atoms with E-state index in [1.165, 1.54) is 11.4 Å². The van der Waals surface area contributed by atoms with Crippen molar-refractivity contribution in [3.63, 3.8) is 0 Å². The summed E-state index contributed by atoms with van der Waals surface area (Å²) in [5.41, 5.74) is 0. The fourth-order valence-electron chi connectivity index (χ4n) is 1.31. The fourth-order valence-corrected chi connectivity index (χ4v) is 2.79. The van der Waals surface area contributed by atoms with Crippen molar-refractivity contribution in [1.29, 1.82) is 0 Å². The van der Waals surface area contributed by atoms with Gasteiger partial charge >= 0.3 is 5.97 Å². The topological polar surface area (TPSA) is 83.9 Å². The number of sulfonamides is 1. The summed E-state index contributed by atoms with van der Waals surface area (Å²) in [4.78, 5) is 10.1. The van der Waals surface area contributed by atoms with E-state index >= 15 is 0 Å². The third kappa shape index (κ3) is 2.66. The van der Waals surface area contributed by atoms with Gasteiger partial charge in [0, 0.05) is 13.1 Å². The van der Waals surface area contributed by atoms with E-state index < -0.39 is 16.0 Å². The van der Waals surface area contributed by atoms with Crippen molar-refractivity contribution in [1.82, 2.24) is 4.31 Å². The number of likely N-dealkylation sites (N-methyl/N-ethyl adjacent to an activating group) is 1. The van der Waals surface area contributed by atoms with Crippen LogP contribution in [0.25, 0.3) is 0 Å². The van der Waals surface area contributed by atoms with Crippen molar-refractivity contribution in [2.45, 2.75) is 12.5 Å². The van der Waals surface area contributed by atoms with Crippen LogP contribution in [-0.4, -0.2) is 55.9 Å². The van der Waals surface area contributed by atoms with Crippen LogP contribution in [0.4, 0.5) is 0 Å². The Hall–Kier alpha value is -0.660. The average molecular weight is 223 g/mol. The first-order chi connectivity index (χ1) is 6.43. The normalized spacial score (nSPS) is 26.5. The Bertz CT molecular complexity index is 312. The van der Waals surface area contributed by atoms with Gasteiger partial charge in [-0.25, -0.2) is 13.2 Å². The van der Waals surface area contributed by atoms with Gasteiger partial charge < -0.3 is 9.84 Å². The fraction of sp³-hybridized carbons (Fsp3) is 0.857. The van der Waals surface area contributed by atoms with Gasteiger partial charge in [-0.2, -0.15) is 4.31 Å². The van der Waals surface area contributed by atoms with E-state index in [4.69, 9.17) is 9.84 Å². The highest BCUT2D eigenvalue weighted by Crippen LogP contribution is 2.18. The third-order valence-corrected chi connectivity index (χ3v) is 4.13. The predicted octanol–water partition coefficient (Wildman–Crippen LogP) is -0.878. The number of carbonyl (C=O) groups is 1. The maximum absolute atomic E-state index is 11.2. The van der Waals surface area contributed by atoms with Crippen LogP contribution in [0.5, 0.6) is 0 Å². The second kappa shape index (κ2) is 4.24. The molecule has 1 heterocycles. The molecule has 1 atom stereocenters. The lowest BCUT2D eigenvalue weighted by Gasteiger charge is -2.17. The molecule has 0 spiro atoms. The molecule has 1 aliphatic heterocycles. The minimum Gasteiger partial charge on any atom is -0.480 e. The van der Waals surface area contributed by atoms with Gasteiger partial charge in [0.25, 0.3) is 0 Å². The molecule has 1 rings (SSSR count). The van der Waals surface area contributed by atoms with Gasteiger partial charge in [-0.1, -0.05) is 0 Å². The molecule has 7 heteroatoms. The number of ether oxygens (including phenoxy) is 1. The maximum atomic E-state index is 11.2. The van der Waals surface area contributed by atoms with Crippen LogP contribution in [0.2, 0.25) is 0 Å². The summed E-state index contributed by atoms with van der Waals surface area (Å²) >= 11 is 0. The van der Waals surface area contributed by atoms with Gasteiger partial charge in [-0.3, -0.25) is 0 Å². The van der Waals surface area contributed by atoms with E-state index in [0.717, 1.165) is 0 Å². The minimum absolute atomic E-state index is 0.116. The highest BCUT2D eigenvalue weighted by Gasteiger charge is 2.34. The molecular formula is C7H13NO5S. The second-order valence-electron chi connectivity index (χ2n) is 3.18. The van der Waals surface area contributed by atoms with Gasteiger partial charge in [-0.05, 0) is 6.42 Å². The molecule has 0 aromatic heterocycles. The number of carboxylic acid groups (broad SMARTS) is 1. The summed E-state index contributed by atoms with van der Waals surface area (Å²) < 4.78 is 28.5. The van der Waals surface area contributed by atoms with Crippen molar-refractivity contribution >= 4 is 16.0 Å². The molecule has 6 nitrogen and oxygen atoms in total. The van der Waals surface area contributed by atoms with Crippen LogP contribution in [0.3, 0.4) is 0 Å². The van der Waals surface area contributed by atoms with Crippen molar-refractivity contribution in [3.05, 3.63) is 0 Å². The molecular weight excluding hydrogens is 210 g/mol. The van der Waals surface area contributed by atoms with Gasteiger partial charge in [0.05, 0.1) is 12.4 Å². The molecule has 1 unspecified atom stereocenters. The van der Waals surface area contributed by atoms with Gasteiger partial charge in [0.15, 0.2) is 0 Å². The van der Waals surface area contributed by atoms with Gasteiger partial charge in [-0.15, -0.1) is 0 Å². The van der Waals surface area contributed by atoms with Crippen molar-refractivity contribution in [2.75, 3.05) is 26.0 Å². The van der Waals surface area contributed by atoms with Gasteiger partial charge in [0.2, 0.25) is 10.0 Å². The Morgan fingerprint density at radius 1 is 1.64 bits per heavy atom. The van der Waals surface area contributed by atoms with E-state index in [9.17, 15) is 13.2 Å². The quantitative estimate of drug-likeness (QED) is 0.669. The molecule has 0 aliphatic carbocycles. The smallest absolute Gasteiger partial charge is 0.329 e. The molecule has 0 aromatic rings. The lowest BCUT2D eigenvalue weighted by atomic mass is 10.2. The number of carboxylic acids is 1. The molecule has 1 aliphatic rings. The molecule has 0 radical (unpaired) electrons. The number of aliphatic carboxylic acids is 1. The zero-order valence-electron chi connectivity index (χ0n) is 7.84. The average Bonchev–Trinajstić information content (AvgIpc) is 2.31. The summed E-state index contributed by atoms with van der Waals surface area (Å²) in [6.07, 6.45) is 0.498. The third-order valence-electron chi connectivity index (χ3n) is 2.20. The first-order valence-electron chi connectivity index (χ1n) is 4.19. The van der Waals surface area contributed by atoms with E-state index in [1.54, 1.807) is 0 Å². The van der Waals surface area contributed by atoms with E-state index in [-0.39, 0.29) is 25.0 Å². The molecule has 0 aromatic carbocycles. The molecule has 1 saturated heterocycles. The predicted molar refractivity (Wildman–Crippen MR) is 48.4 cm³/mol. The zero-order chi connectivity index (χ0) is 10.8. The highest BCUT2D eigenvalue weighted by atomic mass is 32.2. The Balaban J connectivity index is 2.38. The molecule has 14 heavy (non-hydrogen) atoms. The largest absolute Gasteiger partial charge is 0.480 e. The van der Waals surface area contributed by atoms with Crippen LogP contribution in [0.1, 0.15) is 6.42 Å². The minimum atomic E-state index is -3.12. The van der Waals surface area contributed by atoms with E-state index in [2.05, 4.69) is 0 Å². The van der Waals surface area contributed by atoms with E-state index in [1.807, 2.05) is 0 Å². The zero-order valence-corrected chi connectivity index (χ0v) is 8.66. The van der Waals surface area contributed by atoms with Crippen molar-refractivity contribution < 1.29 is 23.1 Å². The Kier molecular flexibility index (Phi) is 3.46. The van der Waals surface area contributed by atoms with Crippen LogP contribution in [-0.2, 0) is 19.6 Å². The monoisotopic (exact) mass is 223 g/mol. The van der Waals surface area contributed by atoms with Crippen molar-refractivity contribution in [2.24, 2.45) is 0 Å². The number of nitrogens with zero attached hydrogens (tertiary/aromatic N) is 1. The Morgan fingerprint density at radius 3 is 2.71 bits per heavy atom. The summed E-state index contributed by atoms with van der Waals surface area (Å²) in [6.45, 7) is -0.244. The highest BCUT2D eigenvalue weighted by molar-refractivity contribution is 7.89. The summed E-state index contributed by atoms with van der Waals surface area (Å²) in [7, 11) is -1.64. The van der Waals surface area contributed by atoms with Gasteiger partial charge in [0.1, 0.15) is 6.61 Å². The molecule has 0 amide bonds. The molecule has 0 bridgehead atoms. The number of hydrogen-bond acceptors (Lipinski definition) is 4. The Morgan fingerprint density at radius 2 is 2.29 bits per heavy atom. The first-order valence-corrected chi connectivity index (χ1v) is 5.79. The number of hydrogen-bond donors (Lipinski definition) is 1. The SMILES string of the molecule is CN1C(COCC(=O)O)CCS1(=O)=O. The maximum Gasteiger partial charge on any atom is 0.329 e. The van der Waals surface area contributed by atoms with Crippen molar-refractivity contribution in [3.8, 4) is 0 Å². The standard InChI is InChI=1S/C7H13NO5S/c1-8-6(2-3-14(8,11)12)4-13-5-7(9)10/h6H,2-5H2,1H3,(H,9,10). The van der Waals surface area contributed by atoms with Crippen LogP contribution >= 0.6 is 0 Å². The van der Waals surface area contributed by atoms with Crippen LogP contribution < -0.4 is 0 Å². The lowest BCUT2D eigenvalue weighted by Crippen LogP contribution is -2.33. The van der Waals surface area contributed by atoms with Crippen LogP contribution in [0, 0.1) is 0 Å². The first kappa shape index (κ1) is 11.4. The second-order valence-corrected chi connectivity index (χ2v) is 5.33. The van der Waals surface area contributed by atoms with Crippen LogP contribution in [0.15, 0.2) is 0 Å². The number of rotatable bonds is 4.